The monoisotopic (exact) mass is 197 g/mol. The number of methoxy groups -OCH3 is 1. The average molecular weight is 197 g/mol. The van der Waals surface area contributed by atoms with E-state index in [4.69, 9.17) is 4.74 Å². The van der Waals surface area contributed by atoms with Gasteiger partial charge < -0.3 is 14.4 Å². The molecule has 0 fully saturated rings. The fraction of sp³-hybridized carbons (Fsp3) is 0.500. The van der Waals surface area contributed by atoms with Crippen LogP contribution < -0.4 is 5.43 Å². The topological polar surface area (TPSA) is 51.5 Å². The lowest BCUT2D eigenvalue weighted by atomic mass is 10.2. The molecule has 1 N–H and O–H groups in total. The van der Waals surface area contributed by atoms with Gasteiger partial charge in [-0.05, 0) is 13.8 Å². The van der Waals surface area contributed by atoms with Crippen LogP contribution in [-0.2, 0) is 17.9 Å². The van der Waals surface area contributed by atoms with Crippen LogP contribution >= 0.6 is 0 Å². The average Bonchev–Trinajstić information content (AvgIpc) is 2.14. The van der Waals surface area contributed by atoms with E-state index in [0.29, 0.717) is 12.2 Å². The van der Waals surface area contributed by atoms with Crippen molar-refractivity contribution in [2.45, 2.75) is 27.0 Å². The van der Waals surface area contributed by atoms with Crippen molar-refractivity contribution in [2.75, 3.05) is 7.11 Å². The third-order valence-corrected chi connectivity index (χ3v) is 2.20. The number of rotatable bonds is 3. The van der Waals surface area contributed by atoms with Gasteiger partial charge in [-0.15, -0.1) is 0 Å². The first kappa shape index (κ1) is 10.8. The second-order valence-electron chi connectivity index (χ2n) is 3.12. The fourth-order valence-corrected chi connectivity index (χ4v) is 1.54. The zero-order valence-electron chi connectivity index (χ0n) is 8.70. The SMILES string of the molecule is CCn1c(C)cc(=O)c(O)c1COC. The van der Waals surface area contributed by atoms with Gasteiger partial charge in [0, 0.05) is 25.4 Å². The maximum atomic E-state index is 11.3. The zero-order chi connectivity index (χ0) is 10.7. The summed E-state index contributed by atoms with van der Waals surface area (Å²) >= 11 is 0. The number of hydrogen-bond donors (Lipinski definition) is 1. The first-order valence-corrected chi connectivity index (χ1v) is 4.53. The van der Waals surface area contributed by atoms with E-state index in [1.165, 1.54) is 13.2 Å². The predicted molar refractivity (Wildman–Crippen MR) is 53.5 cm³/mol. The number of aromatic hydroxyl groups is 1. The normalized spacial score (nSPS) is 10.5. The summed E-state index contributed by atoms with van der Waals surface area (Å²) in [6, 6.07) is 1.43. The molecule has 0 amide bonds. The lowest BCUT2D eigenvalue weighted by Gasteiger charge is -2.15. The molecule has 0 aromatic carbocycles. The van der Waals surface area contributed by atoms with Gasteiger partial charge in [0.15, 0.2) is 5.75 Å². The smallest absolute Gasteiger partial charge is 0.223 e. The highest BCUT2D eigenvalue weighted by Crippen LogP contribution is 2.14. The van der Waals surface area contributed by atoms with E-state index in [-0.39, 0.29) is 17.8 Å². The molecule has 1 aromatic heterocycles. The predicted octanol–water partition coefficient (Wildman–Crippen LogP) is 1.03. The molecule has 0 saturated carbocycles. The Balaban J connectivity index is 3.40. The van der Waals surface area contributed by atoms with E-state index in [1.54, 1.807) is 0 Å². The van der Waals surface area contributed by atoms with Gasteiger partial charge in [0.1, 0.15) is 0 Å². The summed E-state index contributed by atoms with van der Waals surface area (Å²) in [5, 5.41) is 9.55. The summed E-state index contributed by atoms with van der Waals surface area (Å²) in [6.45, 7) is 4.74. The number of hydrogen-bond acceptors (Lipinski definition) is 3. The Morgan fingerprint density at radius 3 is 2.71 bits per heavy atom. The number of nitrogens with zero attached hydrogens (tertiary/aromatic N) is 1. The van der Waals surface area contributed by atoms with Crippen molar-refractivity contribution in [1.82, 2.24) is 4.57 Å². The Bertz CT molecular complexity index is 382. The number of aryl methyl sites for hydroxylation is 1. The van der Waals surface area contributed by atoms with Gasteiger partial charge in [-0.2, -0.15) is 0 Å². The van der Waals surface area contributed by atoms with E-state index in [1.807, 2.05) is 18.4 Å². The second kappa shape index (κ2) is 4.28. The quantitative estimate of drug-likeness (QED) is 0.787. The van der Waals surface area contributed by atoms with Gasteiger partial charge in [-0.1, -0.05) is 0 Å². The van der Waals surface area contributed by atoms with E-state index in [0.717, 1.165) is 5.69 Å². The zero-order valence-corrected chi connectivity index (χ0v) is 8.70. The molecule has 0 atom stereocenters. The van der Waals surface area contributed by atoms with Crippen LogP contribution in [0.15, 0.2) is 10.9 Å². The molecule has 1 heterocycles. The molecule has 78 valence electrons. The van der Waals surface area contributed by atoms with Crippen LogP contribution in [0, 0.1) is 6.92 Å². The van der Waals surface area contributed by atoms with Gasteiger partial charge in [0.25, 0.3) is 0 Å². The molecule has 0 aliphatic rings. The highest BCUT2D eigenvalue weighted by molar-refractivity contribution is 5.29. The third kappa shape index (κ3) is 1.80. The fourth-order valence-electron chi connectivity index (χ4n) is 1.54. The summed E-state index contributed by atoms with van der Waals surface area (Å²) in [4.78, 5) is 11.3. The Hall–Kier alpha value is -1.29. The van der Waals surface area contributed by atoms with Gasteiger partial charge in [0.05, 0.1) is 12.3 Å². The standard InChI is InChI=1S/C10H15NO3/c1-4-11-7(2)5-9(12)10(13)8(11)6-14-3/h5,13H,4,6H2,1-3H3. The summed E-state index contributed by atoms with van der Waals surface area (Å²) < 4.78 is 6.80. The Kier molecular flexibility index (Phi) is 3.30. The van der Waals surface area contributed by atoms with E-state index in [9.17, 15) is 9.90 Å². The van der Waals surface area contributed by atoms with Gasteiger partial charge in [-0.25, -0.2) is 0 Å². The van der Waals surface area contributed by atoms with Gasteiger partial charge in [0.2, 0.25) is 5.43 Å². The Labute approximate surface area is 82.8 Å². The highest BCUT2D eigenvalue weighted by atomic mass is 16.5. The molecular weight excluding hydrogens is 182 g/mol. The summed E-state index contributed by atoms with van der Waals surface area (Å²) in [6.07, 6.45) is 0. The second-order valence-corrected chi connectivity index (χ2v) is 3.12. The van der Waals surface area contributed by atoms with Crippen molar-refractivity contribution < 1.29 is 9.84 Å². The lowest BCUT2D eigenvalue weighted by molar-refractivity contribution is 0.173. The molecule has 0 radical (unpaired) electrons. The summed E-state index contributed by atoms with van der Waals surface area (Å²) in [7, 11) is 1.53. The molecule has 4 nitrogen and oxygen atoms in total. The van der Waals surface area contributed by atoms with Crippen LogP contribution in [0.25, 0.3) is 0 Å². The number of aromatic nitrogens is 1. The van der Waals surface area contributed by atoms with Crippen LogP contribution in [-0.4, -0.2) is 16.8 Å². The van der Waals surface area contributed by atoms with Crippen LogP contribution in [0.4, 0.5) is 0 Å². The molecule has 0 aliphatic heterocycles. The molecule has 1 aromatic rings. The molecule has 0 unspecified atom stereocenters. The molecule has 1 rings (SSSR count). The third-order valence-electron chi connectivity index (χ3n) is 2.20. The largest absolute Gasteiger partial charge is 0.503 e. The molecular formula is C10H15NO3. The Morgan fingerprint density at radius 1 is 1.57 bits per heavy atom. The van der Waals surface area contributed by atoms with Gasteiger partial charge in [-0.3, -0.25) is 4.79 Å². The molecule has 0 spiro atoms. The van der Waals surface area contributed by atoms with Crippen molar-refractivity contribution in [3.63, 3.8) is 0 Å². The molecule has 0 bridgehead atoms. The minimum absolute atomic E-state index is 0.209. The van der Waals surface area contributed by atoms with Gasteiger partial charge >= 0.3 is 0 Å². The summed E-state index contributed by atoms with van der Waals surface area (Å²) in [5.41, 5.74) is 1.03. The number of ether oxygens (including phenoxy) is 1. The minimum Gasteiger partial charge on any atom is -0.503 e. The van der Waals surface area contributed by atoms with Crippen LogP contribution in [0.2, 0.25) is 0 Å². The van der Waals surface area contributed by atoms with E-state index in [2.05, 4.69) is 0 Å². The molecule has 0 saturated heterocycles. The lowest BCUT2D eigenvalue weighted by Crippen LogP contribution is -2.15. The van der Waals surface area contributed by atoms with Crippen molar-refractivity contribution in [2.24, 2.45) is 0 Å². The van der Waals surface area contributed by atoms with E-state index >= 15 is 0 Å². The maximum Gasteiger partial charge on any atom is 0.223 e. The van der Waals surface area contributed by atoms with Crippen molar-refractivity contribution >= 4 is 0 Å². The maximum absolute atomic E-state index is 11.3. The Morgan fingerprint density at radius 2 is 2.21 bits per heavy atom. The van der Waals surface area contributed by atoms with Crippen LogP contribution in [0.5, 0.6) is 5.75 Å². The minimum atomic E-state index is -0.348. The first-order chi connectivity index (χ1) is 6.61. The first-order valence-electron chi connectivity index (χ1n) is 4.53. The van der Waals surface area contributed by atoms with E-state index < -0.39 is 0 Å². The molecule has 0 aliphatic carbocycles. The van der Waals surface area contributed by atoms with Crippen molar-refractivity contribution in [3.8, 4) is 5.75 Å². The molecule has 4 heteroatoms. The van der Waals surface area contributed by atoms with Crippen molar-refractivity contribution in [1.29, 1.82) is 0 Å². The van der Waals surface area contributed by atoms with Crippen molar-refractivity contribution in [3.05, 3.63) is 27.7 Å². The number of pyridine rings is 1. The summed E-state index contributed by atoms with van der Waals surface area (Å²) in [5.74, 6) is -0.209. The van der Waals surface area contributed by atoms with Crippen LogP contribution in [0.1, 0.15) is 18.3 Å². The molecule has 14 heavy (non-hydrogen) atoms. The highest BCUT2D eigenvalue weighted by Gasteiger charge is 2.11. The van der Waals surface area contributed by atoms with Crippen LogP contribution in [0.3, 0.4) is 0 Å².